The first-order valence-corrected chi connectivity index (χ1v) is 4.59. The highest BCUT2D eigenvalue weighted by Crippen LogP contribution is 2.22. The summed E-state index contributed by atoms with van der Waals surface area (Å²) in [5.74, 6) is 0. The predicted octanol–water partition coefficient (Wildman–Crippen LogP) is 2.12. The van der Waals surface area contributed by atoms with Gasteiger partial charge in [-0.3, -0.25) is 0 Å². The van der Waals surface area contributed by atoms with E-state index < -0.39 is 0 Å². The highest BCUT2D eigenvalue weighted by molar-refractivity contribution is 8.08. The van der Waals surface area contributed by atoms with Crippen molar-refractivity contribution in [1.82, 2.24) is 0 Å². The van der Waals surface area contributed by atoms with Gasteiger partial charge in [-0.15, -0.1) is 0 Å². The molecule has 5 heteroatoms. The third-order valence-electron chi connectivity index (χ3n) is 0.731. The van der Waals surface area contributed by atoms with Crippen LogP contribution in [0.1, 0.15) is 13.8 Å². The van der Waals surface area contributed by atoms with Gasteiger partial charge in [-0.2, -0.15) is 10.5 Å². The van der Waals surface area contributed by atoms with Gasteiger partial charge >= 0.3 is 0 Å². The quantitative estimate of drug-likeness (QED) is 0.632. The highest BCUT2D eigenvalue weighted by Gasteiger charge is 2.04. The van der Waals surface area contributed by atoms with Crippen LogP contribution in [0.2, 0.25) is 0 Å². The molecule has 0 aromatic carbocycles. The summed E-state index contributed by atoms with van der Waals surface area (Å²) >= 11 is 2.14. The van der Waals surface area contributed by atoms with Gasteiger partial charge in [-0.1, -0.05) is 0 Å². The van der Waals surface area contributed by atoms with E-state index in [-0.39, 0.29) is 10.5 Å². The Bertz CT molecular complexity index is 164. The number of hydrogen-bond acceptors (Lipinski definition) is 5. The Morgan fingerprint density at radius 1 is 1.09 bits per heavy atom. The maximum atomic E-state index is 8.33. The molecule has 0 aliphatic heterocycles. The number of nitriles is 2. The molecule has 0 aromatic heterocycles. The second-order valence-corrected chi connectivity index (χ2v) is 4.15. The molecule has 3 nitrogen and oxygen atoms in total. The summed E-state index contributed by atoms with van der Waals surface area (Å²) < 4.78 is 4.93. The third-order valence-corrected chi connectivity index (χ3v) is 2.15. The standard InChI is InChI=1S/C6H8N2OS2/c1-5(3-7)10-9-11-6(2)4-8/h5-6H,1-2H3. The Balaban J connectivity index is 3.30. The zero-order valence-electron chi connectivity index (χ0n) is 6.27. The van der Waals surface area contributed by atoms with Gasteiger partial charge in [0.15, 0.2) is 0 Å². The van der Waals surface area contributed by atoms with Gasteiger partial charge in [0.05, 0.1) is 12.1 Å². The minimum absolute atomic E-state index is 0.187. The van der Waals surface area contributed by atoms with E-state index in [1.54, 1.807) is 13.8 Å². The molecule has 0 heterocycles. The third kappa shape index (κ3) is 6.05. The largest absolute Gasteiger partial charge is 0.245 e. The number of rotatable bonds is 4. The minimum atomic E-state index is -0.187. The molecule has 0 aliphatic carbocycles. The van der Waals surface area contributed by atoms with Crippen LogP contribution in [0, 0.1) is 22.7 Å². The van der Waals surface area contributed by atoms with Crippen LogP contribution in [0.4, 0.5) is 0 Å². The van der Waals surface area contributed by atoms with Gasteiger partial charge in [0.25, 0.3) is 0 Å². The molecular formula is C6H8N2OS2. The van der Waals surface area contributed by atoms with Gasteiger partial charge in [0.2, 0.25) is 0 Å². The Morgan fingerprint density at radius 2 is 1.45 bits per heavy atom. The molecule has 0 rings (SSSR count). The molecule has 0 aliphatic rings. The van der Waals surface area contributed by atoms with Gasteiger partial charge in [-0.25, -0.2) is 3.63 Å². The zero-order valence-corrected chi connectivity index (χ0v) is 7.91. The summed E-state index contributed by atoms with van der Waals surface area (Å²) in [5, 5.41) is 16.3. The monoisotopic (exact) mass is 188 g/mol. The van der Waals surface area contributed by atoms with Crippen LogP contribution in [0.5, 0.6) is 0 Å². The van der Waals surface area contributed by atoms with Crippen LogP contribution in [-0.4, -0.2) is 10.5 Å². The second-order valence-electron chi connectivity index (χ2n) is 1.80. The molecule has 60 valence electrons. The molecule has 0 aromatic rings. The van der Waals surface area contributed by atoms with Gasteiger partial charge in [0, 0.05) is 24.1 Å². The van der Waals surface area contributed by atoms with Crippen molar-refractivity contribution in [2.45, 2.75) is 24.3 Å². The number of hydrogen-bond donors (Lipinski definition) is 0. The lowest BCUT2D eigenvalue weighted by Crippen LogP contribution is -1.92. The summed E-state index contributed by atoms with van der Waals surface area (Å²) in [6.45, 7) is 3.48. The molecule has 0 N–H and O–H groups in total. The highest BCUT2D eigenvalue weighted by atomic mass is 32.2. The molecular weight excluding hydrogens is 180 g/mol. The van der Waals surface area contributed by atoms with Crippen molar-refractivity contribution in [2.75, 3.05) is 0 Å². The lowest BCUT2D eigenvalue weighted by molar-refractivity contribution is 0.746. The minimum Gasteiger partial charge on any atom is -0.245 e. The second kappa shape index (κ2) is 6.36. The van der Waals surface area contributed by atoms with E-state index in [2.05, 4.69) is 0 Å². The van der Waals surface area contributed by atoms with Crippen LogP contribution >= 0.6 is 24.1 Å². The molecule has 0 bridgehead atoms. The average molecular weight is 188 g/mol. The molecule has 0 amide bonds. The van der Waals surface area contributed by atoms with E-state index in [4.69, 9.17) is 14.2 Å². The van der Waals surface area contributed by atoms with E-state index >= 15 is 0 Å². The SMILES string of the molecule is CC(C#N)SOSC(C)C#N. The molecule has 0 saturated carbocycles. The van der Waals surface area contributed by atoms with Crippen molar-refractivity contribution in [3.63, 3.8) is 0 Å². The van der Waals surface area contributed by atoms with Crippen LogP contribution in [0.15, 0.2) is 0 Å². The molecule has 0 radical (unpaired) electrons. The maximum absolute atomic E-state index is 8.33. The van der Waals surface area contributed by atoms with Crippen molar-refractivity contribution in [3.8, 4) is 12.1 Å². The summed E-state index contributed by atoms with van der Waals surface area (Å²) in [4.78, 5) is 0. The summed E-state index contributed by atoms with van der Waals surface area (Å²) in [6, 6.07) is 4.00. The van der Waals surface area contributed by atoms with E-state index in [0.717, 1.165) is 24.1 Å². The van der Waals surface area contributed by atoms with Crippen molar-refractivity contribution in [3.05, 3.63) is 0 Å². The maximum Gasteiger partial charge on any atom is 0.116 e. The van der Waals surface area contributed by atoms with Crippen molar-refractivity contribution in [1.29, 1.82) is 10.5 Å². The van der Waals surface area contributed by atoms with Gasteiger partial charge in [0.1, 0.15) is 10.5 Å². The lowest BCUT2D eigenvalue weighted by Gasteiger charge is -2.01. The Kier molecular flexibility index (Phi) is 6.15. The molecule has 0 fully saturated rings. The molecule has 0 saturated heterocycles. The summed E-state index contributed by atoms with van der Waals surface area (Å²) in [7, 11) is 0. The first-order chi connectivity index (χ1) is 5.20. The van der Waals surface area contributed by atoms with E-state index in [9.17, 15) is 0 Å². The first kappa shape index (κ1) is 10.6. The molecule has 0 spiro atoms. The zero-order chi connectivity index (χ0) is 8.69. The van der Waals surface area contributed by atoms with Crippen LogP contribution in [0.25, 0.3) is 0 Å². The molecule has 2 unspecified atom stereocenters. The molecule has 11 heavy (non-hydrogen) atoms. The fourth-order valence-corrected chi connectivity index (χ4v) is 1.39. The topological polar surface area (TPSA) is 56.8 Å². The summed E-state index contributed by atoms with van der Waals surface area (Å²) in [5.41, 5.74) is 0. The first-order valence-electron chi connectivity index (χ1n) is 2.98. The van der Waals surface area contributed by atoms with E-state index in [0.29, 0.717) is 0 Å². The number of nitrogens with zero attached hydrogens (tertiary/aromatic N) is 2. The van der Waals surface area contributed by atoms with Crippen molar-refractivity contribution in [2.24, 2.45) is 0 Å². The van der Waals surface area contributed by atoms with Crippen LogP contribution in [0.3, 0.4) is 0 Å². The Hall–Kier alpha value is -0.360. The van der Waals surface area contributed by atoms with Gasteiger partial charge < -0.3 is 0 Å². The molecule has 2 atom stereocenters. The average Bonchev–Trinajstić information content (AvgIpc) is 2.04. The normalized spacial score (nSPS) is 14.5. The summed E-state index contributed by atoms with van der Waals surface area (Å²) in [6.07, 6.45) is 0. The van der Waals surface area contributed by atoms with Gasteiger partial charge in [-0.05, 0) is 13.8 Å². The van der Waals surface area contributed by atoms with E-state index in [1.165, 1.54) is 0 Å². The fourth-order valence-electron chi connectivity index (χ4n) is 0.184. The Morgan fingerprint density at radius 3 is 1.73 bits per heavy atom. The Labute approximate surface area is 75.1 Å². The fraction of sp³-hybridized carbons (Fsp3) is 0.667. The van der Waals surface area contributed by atoms with Crippen LogP contribution < -0.4 is 0 Å². The van der Waals surface area contributed by atoms with Crippen molar-refractivity contribution >= 4 is 24.1 Å². The lowest BCUT2D eigenvalue weighted by atomic mass is 10.5. The van der Waals surface area contributed by atoms with E-state index in [1.807, 2.05) is 12.1 Å². The predicted molar refractivity (Wildman–Crippen MR) is 46.4 cm³/mol. The van der Waals surface area contributed by atoms with Crippen molar-refractivity contribution < 1.29 is 3.63 Å². The smallest absolute Gasteiger partial charge is 0.116 e. The van der Waals surface area contributed by atoms with Crippen LogP contribution in [-0.2, 0) is 3.63 Å².